The molecule has 0 aliphatic rings. The van der Waals surface area contributed by atoms with Gasteiger partial charge in [0, 0.05) is 13.5 Å². The molecule has 0 saturated heterocycles. The van der Waals surface area contributed by atoms with E-state index in [9.17, 15) is 4.39 Å². The van der Waals surface area contributed by atoms with Gasteiger partial charge < -0.3 is 4.74 Å². The van der Waals surface area contributed by atoms with E-state index >= 15 is 0 Å². The van der Waals surface area contributed by atoms with Crippen LogP contribution in [0, 0.1) is 6.92 Å². The van der Waals surface area contributed by atoms with Gasteiger partial charge in [0.1, 0.15) is 0 Å². The van der Waals surface area contributed by atoms with Crippen LogP contribution in [0.1, 0.15) is 6.92 Å². The van der Waals surface area contributed by atoms with Crippen LogP contribution in [-0.2, 0) is 4.74 Å². The molecule has 0 aromatic heterocycles. The molecule has 0 aliphatic carbocycles. The molecule has 43 valence electrons. The van der Waals surface area contributed by atoms with Crippen molar-refractivity contribution in [2.24, 2.45) is 0 Å². The van der Waals surface area contributed by atoms with Crippen molar-refractivity contribution in [3.8, 4) is 0 Å². The average molecular weight is 126 g/mol. The van der Waals surface area contributed by atoms with Crippen LogP contribution in [0.25, 0.3) is 0 Å². The van der Waals surface area contributed by atoms with Crippen molar-refractivity contribution in [3.05, 3.63) is 6.92 Å². The van der Waals surface area contributed by atoms with Crippen LogP contribution in [0.15, 0.2) is 0 Å². The van der Waals surface area contributed by atoms with E-state index < -0.39 is 5.31 Å². The van der Waals surface area contributed by atoms with Crippen molar-refractivity contribution in [2.75, 3.05) is 6.61 Å². The van der Waals surface area contributed by atoms with E-state index in [1.54, 1.807) is 6.92 Å². The standard InChI is InChI=1S/C4H7ClFO/c1-3-7-4(2,5)6/h2-3H2,1H3. The normalized spacial score (nSPS) is 18.9. The third-order valence-electron chi connectivity index (χ3n) is 0.356. The van der Waals surface area contributed by atoms with Gasteiger partial charge in [0.15, 0.2) is 0 Å². The Morgan fingerprint density at radius 2 is 2.43 bits per heavy atom. The minimum absolute atomic E-state index is 0.240. The smallest absolute Gasteiger partial charge is 0.286 e. The van der Waals surface area contributed by atoms with Gasteiger partial charge >= 0.3 is 0 Å². The summed E-state index contributed by atoms with van der Waals surface area (Å²) in [6.45, 7) is 4.72. The Morgan fingerprint density at radius 3 is 2.43 bits per heavy atom. The van der Waals surface area contributed by atoms with E-state index in [4.69, 9.17) is 11.6 Å². The molecule has 0 aliphatic heterocycles. The number of hydrogen-bond donors (Lipinski definition) is 0. The Labute approximate surface area is 47.4 Å². The molecule has 0 rings (SSSR count). The summed E-state index contributed by atoms with van der Waals surface area (Å²) in [5.41, 5.74) is 0. The van der Waals surface area contributed by atoms with Crippen molar-refractivity contribution in [2.45, 2.75) is 12.2 Å². The highest BCUT2D eigenvalue weighted by molar-refractivity contribution is 6.22. The topological polar surface area (TPSA) is 9.23 Å². The zero-order valence-electron chi connectivity index (χ0n) is 4.08. The lowest BCUT2D eigenvalue weighted by Gasteiger charge is -2.08. The summed E-state index contributed by atoms with van der Waals surface area (Å²) in [6.07, 6.45) is 0. The largest absolute Gasteiger partial charge is 0.334 e. The van der Waals surface area contributed by atoms with Gasteiger partial charge in [-0.2, -0.15) is 4.39 Å². The van der Waals surface area contributed by atoms with E-state index in [2.05, 4.69) is 11.7 Å². The second-order valence-corrected chi connectivity index (χ2v) is 1.63. The molecule has 0 N–H and O–H groups in total. The first-order valence-electron chi connectivity index (χ1n) is 1.93. The average Bonchev–Trinajstić information content (AvgIpc) is 1.30. The molecule has 0 bridgehead atoms. The molecule has 3 heteroatoms. The quantitative estimate of drug-likeness (QED) is 0.511. The summed E-state index contributed by atoms with van der Waals surface area (Å²) in [4.78, 5) is 0. The summed E-state index contributed by atoms with van der Waals surface area (Å²) >= 11 is 4.83. The lowest BCUT2D eigenvalue weighted by atomic mass is 10.7. The third-order valence-corrected chi connectivity index (χ3v) is 0.465. The number of ether oxygens (including phenoxy) is 1. The predicted molar refractivity (Wildman–Crippen MR) is 26.7 cm³/mol. The maximum Gasteiger partial charge on any atom is 0.286 e. The molecular weight excluding hydrogens is 118 g/mol. The van der Waals surface area contributed by atoms with E-state index in [-0.39, 0.29) is 6.61 Å². The molecule has 1 radical (unpaired) electrons. The first-order chi connectivity index (χ1) is 3.06. The van der Waals surface area contributed by atoms with Crippen LogP contribution < -0.4 is 0 Å². The van der Waals surface area contributed by atoms with Gasteiger partial charge in [-0.05, 0) is 6.92 Å². The van der Waals surface area contributed by atoms with Gasteiger partial charge in [0.2, 0.25) is 0 Å². The predicted octanol–water partition coefficient (Wildman–Crippen LogP) is 1.72. The van der Waals surface area contributed by atoms with E-state index in [1.807, 2.05) is 0 Å². The van der Waals surface area contributed by atoms with Gasteiger partial charge in [-0.1, -0.05) is 11.6 Å². The molecule has 0 amide bonds. The molecule has 0 aromatic carbocycles. The van der Waals surface area contributed by atoms with Gasteiger partial charge in [-0.25, -0.2) is 0 Å². The molecule has 0 spiro atoms. The third kappa shape index (κ3) is 6.18. The minimum atomic E-state index is -2.23. The van der Waals surface area contributed by atoms with E-state index in [0.717, 1.165) is 0 Å². The lowest BCUT2D eigenvalue weighted by molar-refractivity contribution is -0.0356. The van der Waals surface area contributed by atoms with Crippen molar-refractivity contribution in [1.29, 1.82) is 0 Å². The summed E-state index contributed by atoms with van der Waals surface area (Å²) in [6, 6.07) is 0. The molecule has 1 atom stereocenters. The fourth-order valence-corrected chi connectivity index (χ4v) is 0.320. The van der Waals surface area contributed by atoms with E-state index in [0.29, 0.717) is 0 Å². The summed E-state index contributed by atoms with van der Waals surface area (Å²) in [5, 5.41) is -2.23. The lowest BCUT2D eigenvalue weighted by Crippen LogP contribution is -2.13. The van der Waals surface area contributed by atoms with E-state index in [1.165, 1.54) is 0 Å². The van der Waals surface area contributed by atoms with Gasteiger partial charge in [-0.3, -0.25) is 0 Å². The zero-order valence-corrected chi connectivity index (χ0v) is 4.83. The van der Waals surface area contributed by atoms with Gasteiger partial charge in [0.25, 0.3) is 5.31 Å². The second-order valence-electron chi connectivity index (χ2n) is 1.07. The van der Waals surface area contributed by atoms with Gasteiger partial charge in [-0.15, -0.1) is 0 Å². The highest BCUT2D eigenvalue weighted by atomic mass is 35.5. The van der Waals surface area contributed by atoms with Crippen LogP contribution in [0.4, 0.5) is 4.39 Å². The SMILES string of the molecule is [CH2]C(F)(Cl)OCC. The number of alkyl halides is 2. The Balaban J connectivity index is 3.15. The van der Waals surface area contributed by atoms with Gasteiger partial charge in [0.05, 0.1) is 0 Å². The molecule has 0 fully saturated rings. The molecule has 0 saturated carbocycles. The Hall–Kier alpha value is 0.180. The minimum Gasteiger partial charge on any atom is -0.334 e. The van der Waals surface area contributed by atoms with Crippen LogP contribution in [0.3, 0.4) is 0 Å². The van der Waals surface area contributed by atoms with Crippen molar-refractivity contribution >= 4 is 11.6 Å². The zero-order chi connectivity index (χ0) is 5.91. The fourth-order valence-electron chi connectivity index (χ4n) is 0.211. The number of hydrogen-bond acceptors (Lipinski definition) is 1. The maximum atomic E-state index is 11.8. The van der Waals surface area contributed by atoms with Crippen LogP contribution in [0.5, 0.6) is 0 Å². The van der Waals surface area contributed by atoms with Crippen molar-refractivity contribution in [1.82, 2.24) is 0 Å². The summed E-state index contributed by atoms with van der Waals surface area (Å²) < 4.78 is 16.0. The van der Waals surface area contributed by atoms with Crippen LogP contribution in [0.2, 0.25) is 0 Å². The second kappa shape index (κ2) is 2.48. The van der Waals surface area contributed by atoms with Crippen LogP contribution in [-0.4, -0.2) is 11.9 Å². The molecule has 0 aromatic rings. The molecule has 1 nitrogen and oxygen atoms in total. The maximum absolute atomic E-state index is 11.8. The highest BCUT2D eigenvalue weighted by Crippen LogP contribution is 2.15. The highest BCUT2D eigenvalue weighted by Gasteiger charge is 2.16. The van der Waals surface area contributed by atoms with Crippen molar-refractivity contribution < 1.29 is 9.13 Å². The molecule has 1 unspecified atom stereocenters. The summed E-state index contributed by atoms with van der Waals surface area (Å²) in [5.74, 6) is 0. The molecule has 7 heavy (non-hydrogen) atoms. The van der Waals surface area contributed by atoms with Crippen LogP contribution >= 0.6 is 11.6 Å². The monoisotopic (exact) mass is 125 g/mol. The fraction of sp³-hybridized carbons (Fsp3) is 0.750. The number of rotatable bonds is 2. The Kier molecular flexibility index (Phi) is 2.54. The first kappa shape index (κ1) is 7.18. The van der Waals surface area contributed by atoms with Crippen molar-refractivity contribution in [3.63, 3.8) is 0 Å². The molecule has 0 heterocycles. The first-order valence-corrected chi connectivity index (χ1v) is 2.31. The number of halogens is 2. The Morgan fingerprint density at radius 1 is 2.00 bits per heavy atom. The summed E-state index contributed by atoms with van der Waals surface area (Å²) in [7, 11) is 0. The molecular formula is C4H7ClFO. The Bertz CT molecular complexity index is 50.1.